The number of carbonyl (C=O) groups is 1. The van der Waals surface area contributed by atoms with Gasteiger partial charge in [0.15, 0.2) is 5.69 Å². The molecule has 0 aromatic carbocycles. The number of piperazine rings is 1. The van der Waals surface area contributed by atoms with Gasteiger partial charge in [-0.1, -0.05) is 19.3 Å². The van der Waals surface area contributed by atoms with E-state index in [-0.39, 0.29) is 5.91 Å². The number of oxazole rings is 1. The van der Waals surface area contributed by atoms with Crippen LogP contribution < -0.4 is 0 Å². The third kappa shape index (κ3) is 6.51. The lowest BCUT2D eigenvalue weighted by molar-refractivity contribution is 0.00948. The molecule has 1 amide bonds. The van der Waals surface area contributed by atoms with Crippen molar-refractivity contribution in [2.24, 2.45) is 0 Å². The van der Waals surface area contributed by atoms with Gasteiger partial charge in [0.2, 0.25) is 5.89 Å². The van der Waals surface area contributed by atoms with E-state index in [4.69, 9.17) is 9.15 Å². The molecule has 2 fully saturated rings. The van der Waals surface area contributed by atoms with Crippen molar-refractivity contribution in [1.82, 2.24) is 19.7 Å². The largest absolute Gasteiger partial charge is 0.447 e. The van der Waals surface area contributed by atoms with Crippen LogP contribution in [0.3, 0.4) is 0 Å². The highest BCUT2D eigenvalue weighted by atomic mass is 16.5. The first-order chi connectivity index (χ1) is 14.6. The summed E-state index contributed by atoms with van der Waals surface area (Å²) in [5, 5.41) is 10.0. The van der Waals surface area contributed by atoms with Crippen LogP contribution in [-0.2, 0) is 11.3 Å². The average Bonchev–Trinajstić information content (AvgIpc) is 3.23. The molecule has 1 aromatic heterocycles. The van der Waals surface area contributed by atoms with Gasteiger partial charge in [-0.15, -0.1) is 0 Å². The van der Waals surface area contributed by atoms with E-state index in [9.17, 15) is 9.90 Å². The van der Waals surface area contributed by atoms with Crippen LogP contribution in [0, 0.1) is 0 Å². The molecule has 0 radical (unpaired) electrons. The van der Waals surface area contributed by atoms with Gasteiger partial charge in [0.25, 0.3) is 5.91 Å². The van der Waals surface area contributed by atoms with Gasteiger partial charge in [0.1, 0.15) is 6.26 Å². The number of hydrogen-bond donors (Lipinski definition) is 1. The van der Waals surface area contributed by atoms with E-state index in [1.807, 2.05) is 18.7 Å². The molecule has 1 saturated heterocycles. The van der Waals surface area contributed by atoms with Gasteiger partial charge in [-0.2, -0.15) is 0 Å². The molecule has 1 aromatic rings. The normalized spacial score (nSPS) is 20.4. The van der Waals surface area contributed by atoms with Crippen LogP contribution in [0.5, 0.6) is 0 Å². The van der Waals surface area contributed by atoms with E-state index in [0.29, 0.717) is 50.5 Å². The molecule has 2 aliphatic rings. The van der Waals surface area contributed by atoms with E-state index in [0.717, 1.165) is 39.0 Å². The Morgan fingerprint density at radius 3 is 2.60 bits per heavy atom. The first-order valence-electron chi connectivity index (χ1n) is 11.6. The zero-order valence-corrected chi connectivity index (χ0v) is 18.6. The topological polar surface area (TPSA) is 82.3 Å². The number of ether oxygens (including phenoxy) is 1. The number of amides is 1. The van der Waals surface area contributed by atoms with Crippen LogP contribution >= 0.6 is 0 Å². The lowest BCUT2D eigenvalue weighted by atomic mass is 9.94. The number of nitrogens with zero attached hydrogens (tertiary/aromatic N) is 4. The fourth-order valence-electron chi connectivity index (χ4n) is 4.52. The molecule has 170 valence electrons. The summed E-state index contributed by atoms with van der Waals surface area (Å²) in [6, 6.07) is 0.336. The lowest BCUT2D eigenvalue weighted by Crippen LogP contribution is -2.48. The van der Waals surface area contributed by atoms with Crippen molar-refractivity contribution in [3.05, 3.63) is 17.8 Å². The zero-order valence-electron chi connectivity index (χ0n) is 18.6. The van der Waals surface area contributed by atoms with Crippen molar-refractivity contribution < 1.29 is 19.1 Å². The van der Waals surface area contributed by atoms with Crippen molar-refractivity contribution in [2.75, 3.05) is 52.5 Å². The maximum atomic E-state index is 13.0. The summed E-state index contributed by atoms with van der Waals surface area (Å²) in [5.41, 5.74) is 0.426. The number of β-amino-alcohol motifs (C(OH)–C–C–N with tert-alkyl or cyclic N) is 1. The Hall–Kier alpha value is -1.48. The Morgan fingerprint density at radius 2 is 1.93 bits per heavy atom. The molecule has 8 nitrogen and oxygen atoms in total. The maximum absolute atomic E-state index is 13.0. The predicted octanol–water partition coefficient (Wildman–Crippen LogP) is 1.98. The first kappa shape index (κ1) is 23.2. The highest BCUT2D eigenvalue weighted by Gasteiger charge is 2.27. The summed E-state index contributed by atoms with van der Waals surface area (Å²) in [6.45, 7) is 10.5. The van der Waals surface area contributed by atoms with Crippen molar-refractivity contribution in [2.45, 2.75) is 64.6 Å². The molecule has 1 unspecified atom stereocenters. The maximum Gasteiger partial charge on any atom is 0.276 e. The number of carbonyl (C=O) groups excluding carboxylic acids is 1. The minimum Gasteiger partial charge on any atom is -0.447 e. The average molecular weight is 423 g/mol. The molecule has 1 saturated carbocycles. The Morgan fingerprint density at radius 1 is 1.23 bits per heavy atom. The van der Waals surface area contributed by atoms with E-state index < -0.39 is 6.10 Å². The summed E-state index contributed by atoms with van der Waals surface area (Å²) < 4.78 is 10.9. The fourth-order valence-corrected chi connectivity index (χ4v) is 4.52. The molecule has 1 aliphatic heterocycles. The molecule has 0 bridgehead atoms. The van der Waals surface area contributed by atoms with E-state index in [1.54, 1.807) is 0 Å². The van der Waals surface area contributed by atoms with Gasteiger partial charge >= 0.3 is 0 Å². The van der Waals surface area contributed by atoms with Gasteiger partial charge in [-0.25, -0.2) is 4.98 Å². The number of aliphatic hydroxyl groups excluding tert-OH is 1. The lowest BCUT2D eigenvalue weighted by Gasteiger charge is -2.34. The van der Waals surface area contributed by atoms with Crippen LogP contribution in [0.2, 0.25) is 0 Å². The third-order valence-electron chi connectivity index (χ3n) is 6.19. The molecule has 1 aliphatic carbocycles. The van der Waals surface area contributed by atoms with Crippen LogP contribution in [0.25, 0.3) is 0 Å². The summed E-state index contributed by atoms with van der Waals surface area (Å²) in [6.07, 6.45) is 6.93. The van der Waals surface area contributed by atoms with Gasteiger partial charge in [0, 0.05) is 51.9 Å². The molecule has 2 heterocycles. The third-order valence-corrected chi connectivity index (χ3v) is 6.19. The van der Waals surface area contributed by atoms with Crippen molar-refractivity contribution in [1.29, 1.82) is 0 Å². The SMILES string of the molecule is CCOCC(O)CN1CCN(Cc2nc(C(=O)N(CC)C3CCCCC3)co2)CC1. The molecular weight excluding hydrogens is 384 g/mol. The van der Waals surface area contributed by atoms with E-state index in [1.165, 1.54) is 25.5 Å². The summed E-state index contributed by atoms with van der Waals surface area (Å²) in [5.74, 6) is 0.593. The first-order valence-corrected chi connectivity index (χ1v) is 11.6. The van der Waals surface area contributed by atoms with Crippen LogP contribution in [0.15, 0.2) is 10.7 Å². The molecule has 1 atom stereocenters. The van der Waals surface area contributed by atoms with E-state index in [2.05, 4.69) is 14.8 Å². The number of aromatic nitrogens is 1. The smallest absolute Gasteiger partial charge is 0.276 e. The van der Waals surface area contributed by atoms with Gasteiger partial charge < -0.3 is 19.2 Å². The summed E-state index contributed by atoms with van der Waals surface area (Å²) in [4.78, 5) is 24.0. The van der Waals surface area contributed by atoms with E-state index >= 15 is 0 Å². The van der Waals surface area contributed by atoms with Gasteiger partial charge in [-0.05, 0) is 26.7 Å². The molecule has 3 rings (SSSR count). The van der Waals surface area contributed by atoms with Gasteiger partial charge in [0.05, 0.1) is 19.3 Å². The van der Waals surface area contributed by atoms with Crippen LogP contribution in [-0.4, -0.2) is 95.3 Å². The Bertz CT molecular complexity index is 639. The second-order valence-electron chi connectivity index (χ2n) is 8.40. The minimum atomic E-state index is -0.442. The second kappa shape index (κ2) is 11.8. The highest BCUT2D eigenvalue weighted by molar-refractivity contribution is 5.92. The van der Waals surface area contributed by atoms with Crippen LogP contribution in [0.4, 0.5) is 0 Å². The second-order valence-corrected chi connectivity index (χ2v) is 8.40. The summed E-state index contributed by atoms with van der Waals surface area (Å²) in [7, 11) is 0. The minimum absolute atomic E-state index is 0.00694. The highest BCUT2D eigenvalue weighted by Crippen LogP contribution is 2.24. The van der Waals surface area contributed by atoms with Crippen molar-refractivity contribution >= 4 is 5.91 Å². The molecular formula is C22H38N4O4. The predicted molar refractivity (Wildman–Crippen MR) is 114 cm³/mol. The standard InChI is InChI=1S/C22H38N4O4/c1-3-26(18-8-6-5-7-9-18)22(28)20-17-30-21(23-20)15-25-12-10-24(11-13-25)14-19(27)16-29-4-2/h17-19,27H,3-16H2,1-2H3. The number of hydrogen-bond acceptors (Lipinski definition) is 7. The Labute approximate surface area is 180 Å². The van der Waals surface area contributed by atoms with Crippen molar-refractivity contribution in [3.8, 4) is 0 Å². The Balaban J connectivity index is 1.46. The molecule has 1 N–H and O–H groups in total. The zero-order chi connectivity index (χ0) is 21.3. The quantitative estimate of drug-likeness (QED) is 0.617. The Kier molecular flexibility index (Phi) is 9.11. The van der Waals surface area contributed by atoms with Crippen LogP contribution in [0.1, 0.15) is 62.3 Å². The van der Waals surface area contributed by atoms with Gasteiger partial charge in [-0.3, -0.25) is 14.6 Å². The number of rotatable bonds is 10. The summed E-state index contributed by atoms with van der Waals surface area (Å²) >= 11 is 0. The number of aliphatic hydroxyl groups is 1. The monoisotopic (exact) mass is 422 g/mol. The fraction of sp³-hybridized carbons (Fsp3) is 0.818. The molecule has 0 spiro atoms. The molecule has 30 heavy (non-hydrogen) atoms. The van der Waals surface area contributed by atoms with Crippen molar-refractivity contribution in [3.63, 3.8) is 0 Å². The molecule has 8 heteroatoms.